The van der Waals surface area contributed by atoms with Crippen molar-refractivity contribution in [2.75, 3.05) is 0 Å². The molecule has 1 aromatic carbocycles. The molecule has 0 spiro atoms. The Balaban J connectivity index is 2.05. The Kier molecular flexibility index (Phi) is 4.29. The fourth-order valence-corrected chi connectivity index (χ4v) is 1.69. The van der Waals surface area contributed by atoms with Crippen LogP contribution in [0.2, 0.25) is 0 Å². The van der Waals surface area contributed by atoms with Crippen molar-refractivity contribution in [1.82, 2.24) is 15.1 Å². The number of para-hydroxylation sites is 1. The van der Waals surface area contributed by atoms with E-state index >= 15 is 0 Å². The fourth-order valence-electron chi connectivity index (χ4n) is 1.69. The summed E-state index contributed by atoms with van der Waals surface area (Å²) < 4.78 is 30.4. The molecule has 1 aromatic heterocycles. The second-order valence-corrected chi connectivity index (χ2v) is 4.08. The van der Waals surface area contributed by atoms with Gasteiger partial charge in [-0.15, -0.1) is 0 Å². The van der Waals surface area contributed by atoms with Crippen molar-refractivity contribution in [3.8, 4) is 5.75 Å². The van der Waals surface area contributed by atoms with Gasteiger partial charge in [-0.1, -0.05) is 12.1 Å². The van der Waals surface area contributed by atoms with E-state index in [1.165, 1.54) is 18.2 Å². The van der Waals surface area contributed by atoms with Crippen LogP contribution in [0.4, 0.5) is 8.78 Å². The van der Waals surface area contributed by atoms with Crippen LogP contribution in [0.15, 0.2) is 36.7 Å². The molecule has 0 saturated carbocycles. The van der Waals surface area contributed by atoms with Gasteiger partial charge < -0.3 is 10.1 Å². The number of nitrogens with zero attached hydrogens (tertiary/aromatic N) is 2. The van der Waals surface area contributed by atoms with Crippen molar-refractivity contribution in [2.24, 2.45) is 7.05 Å². The maximum absolute atomic E-state index is 12.3. The standard InChI is InChI=1S/C13H13F2N3O2/c1-18-8-9(7-17-18)6-16-12(19)10-4-2-3-5-11(10)20-13(14)15/h2-5,7-8,13H,6H2,1H3,(H,16,19). The number of amides is 1. The topological polar surface area (TPSA) is 56.2 Å². The quantitative estimate of drug-likeness (QED) is 0.911. The molecule has 1 heterocycles. The van der Waals surface area contributed by atoms with Gasteiger partial charge in [0.05, 0.1) is 11.8 Å². The van der Waals surface area contributed by atoms with E-state index in [4.69, 9.17) is 0 Å². The molecule has 0 bridgehead atoms. The summed E-state index contributed by atoms with van der Waals surface area (Å²) in [4.78, 5) is 12.0. The van der Waals surface area contributed by atoms with Crippen LogP contribution in [-0.2, 0) is 13.6 Å². The average molecular weight is 281 g/mol. The van der Waals surface area contributed by atoms with E-state index in [-0.39, 0.29) is 17.9 Å². The van der Waals surface area contributed by atoms with Crippen LogP contribution in [0, 0.1) is 0 Å². The first-order chi connectivity index (χ1) is 9.56. The molecule has 0 radical (unpaired) electrons. The Morgan fingerprint density at radius 1 is 1.45 bits per heavy atom. The van der Waals surface area contributed by atoms with E-state index in [1.807, 2.05) is 0 Å². The molecule has 0 fully saturated rings. The largest absolute Gasteiger partial charge is 0.434 e. The number of hydrogen-bond acceptors (Lipinski definition) is 3. The molecule has 106 valence electrons. The van der Waals surface area contributed by atoms with Gasteiger partial charge in [0.2, 0.25) is 0 Å². The first-order valence-corrected chi connectivity index (χ1v) is 5.86. The number of alkyl halides is 2. The van der Waals surface area contributed by atoms with Crippen LogP contribution >= 0.6 is 0 Å². The highest BCUT2D eigenvalue weighted by Crippen LogP contribution is 2.20. The van der Waals surface area contributed by atoms with Crippen LogP contribution in [-0.4, -0.2) is 22.3 Å². The van der Waals surface area contributed by atoms with Gasteiger partial charge in [0.1, 0.15) is 5.75 Å². The second-order valence-electron chi connectivity index (χ2n) is 4.08. The van der Waals surface area contributed by atoms with Crippen molar-refractivity contribution in [1.29, 1.82) is 0 Å². The summed E-state index contributed by atoms with van der Waals surface area (Å²) in [7, 11) is 1.76. The van der Waals surface area contributed by atoms with Gasteiger partial charge in [-0.3, -0.25) is 9.48 Å². The summed E-state index contributed by atoms with van der Waals surface area (Å²) in [5.41, 5.74) is 0.879. The fraction of sp³-hybridized carbons (Fsp3) is 0.231. The lowest BCUT2D eigenvalue weighted by molar-refractivity contribution is -0.0501. The van der Waals surface area contributed by atoms with Crippen LogP contribution in [0.3, 0.4) is 0 Å². The molecule has 0 aliphatic rings. The Bertz CT molecular complexity index is 599. The minimum Gasteiger partial charge on any atom is -0.434 e. The van der Waals surface area contributed by atoms with Crippen molar-refractivity contribution >= 4 is 5.91 Å². The molecule has 1 amide bonds. The molecular formula is C13H13F2N3O2. The Labute approximate surface area is 114 Å². The van der Waals surface area contributed by atoms with E-state index in [0.29, 0.717) is 0 Å². The van der Waals surface area contributed by atoms with Crippen molar-refractivity contribution in [3.05, 3.63) is 47.8 Å². The van der Waals surface area contributed by atoms with Gasteiger partial charge in [0, 0.05) is 25.4 Å². The molecule has 0 atom stereocenters. The first kappa shape index (κ1) is 14.0. The number of halogens is 2. The summed E-state index contributed by atoms with van der Waals surface area (Å²) in [6, 6.07) is 5.86. The van der Waals surface area contributed by atoms with Crippen LogP contribution in [0.5, 0.6) is 5.75 Å². The highest BCUT2D eigenvalue weighted by Gasteiger charge is 2.15. The van der Waals surface area contributed by atoms with Gasteiger partial charge in [-0.25, -0.2) is 0 Å². The first-order valence-electron chi connectivity index (χ1n) is 5.86. The van der Waals surface area contributed by atoms with Crippen molar-refractivity contribution in [3.63, 3.8) is 0 Å². The van der Waals surface area contributed by atoms with Crippen molar-refractivity contribution < 1.29 is 18.3 Å². The predicted molar refractivity (Wildman–Crippen MR) is 67.5 cm³/mol. The van der Waals surface area contributed by atoms with Gasteiger partial charge in [0.15, 0.2) is 0 Å². The molecule has 2 aromatic rings. The molecule has 0 aliphatic heterocycles. The smallest absolute Gasteiger partial charge is 0.387 e. The molecule has 7 heteroatoms. The van der Waals surface area contributed by atoms with Gasteiger partial charge >= 0.3 is 6.61 Å². The Morgan fingerprint density at radius 2 is 2.20 bits per heavy atom. The Morgan fingerprint density at radius 3 is 2.85 bits per heavy atom. The van der Waals surface area contributed by atoms with Crippen LogP contribution in [0.1, 0.15) is 15.9 Å². The van der Waals surface area contributed by atoms with E-state index < -0.39 is 12.5 Å². The second kappa shape index (κ2) is 6.14. The summed E-state index contributed by atoms with van der Waals surface area (Å²) in [6.07, 6.45) is 3.36. The van der Waals surface area contributed by atoms with Crippen LogP contribution < -0.4 is 10.1 Å². The average Bonchev–Trinajstić information content (AvgIpc) is 2.82. The van der Waals surface area contributed by atoms with Crippen molar-refractivity contribution in [2.45, 2.75) is 13.2 Å². The maximum Gasteiger partial charge on any atom is 0.387 e. The summed E-state index contributed by atoms with van der Waals surface area (Å²) in [6.45, 7) is -2.71. The summed E-state index contributed by atoms with van der Waals surface area (Å²) in [5, 5.41) is 6.59. The van der Waals surface area contributed by atoms with E-state index in [9.17, 15) is 13.6 Å². The minimum absolute atomic E-state index is 0.0664. The molecule has 0 aliphatic carbocycles. The Hall–Kier alpha value is -2.44. The summed E-state index contributed by atoms with van der Waals surface area (Å²) in [5.74, 6) is -0.628. The third-order valence-electron chi connectivity index (χ3n) is 2.56. The van der Waals surface area contributed by atoms with Crippen LogP contribution in [0.25, 0.3) is 0 Å². The molecule has 0 unspecified atom stereocenters. The summed E-state index contributed by atoms with van der Waals surface area (Å²) >= 11 is 0. The van der Waals surface area contributed by atoms with E-state index in [0.717, 1.165) is 5.56 Å². The molecule has 20 heavy (non-hydrogen) atoms. The molecule has 2 rings (SSSR count). The highest BCUT2D eigenvalue weighted by atomic mass is 19.3. The number of carbonyl (C=O) groups excluding carboxylic acids is 1. The monoisotopic (exact) mass is 281 g/mol. The third kappa shape index (κ3) is 3.53. The number of aryl methyl sites for hydroxylation is 1. The predicted octanol–water partition coefficient (Wildman–Crippen LogP) is 1.95. The number of nitrogens with one attached hydrogen (secondary N) is 1. The number of hydrogen-bond donors (Lipinski definition) is 1. The molecular weight excluding hydrogens is 268 g/mol. The molecule has 5 nitrogen and oxygen atoms in total. The zero-order valence-corrected chi connectivity index (χ0v) is 10.7. The van der Waals surface area contributed by atoms with Gasteiger partial charge in [0.25, 0.3) is 5.91 Å². The molecule has 0 saturated heterocycles. The number of ether oxygens (including phenoxy) is 1. The number of benzene rings is 1. The highest BCUT2D eigenvalue weighted by molar-refractivity contribution is 5.96. The maximum atomic E-state index is 12.3. The normalized spacial score (nSPS) is 10.6. The SMILES string of the molecule is Cn1cc(CNC(=O)c2ccccc2OC(F)F)cn1. The zero-order valence-electron chi connectivity index (χ0n) is 10.7. The number of rotatable bonds is 5. The van der Waals surface area contributed by atoms with Gasteiger partial charge in [-0.2, -0.15) is 13.9 Å². The van der Waals surface area contributed by atoms with E-state index in [2.05, 4.69) is 15.2 Å². The lowest BCUT2D eigenvalue weighted by Crippen LogP contribution is -2.23. The number of aromatic nitrogens is 2. The van der Waals surface area contributed by atoms with Gasteiger partial charge in [-0.05, 0) is 12.1 Å². The number of carbonyl (C=O) groups is 1. The third-order valence-corrected chi connectivity index (χ3v) is 2.56. The minimum atomic E-state index is -2.97. The van der Waals surface area contributed by atoms with E-state index in [1.54, 1.807) is 30.2 Å². The molecule has 1 N–H and O–H groups in total. The zero-order chi connectivity index (χ0) is 14.5. The lowest BCUT2D eigenvalue weighted by atomic mass is 10.2. The lowest BCUT2D eigenvalue weighted by Gasteiger charge is -2.10.